The molecular weight excluding hydrogens is 510 g/mol. The maximum absolute atomic E-state index is 13.6. The second-order valence-electron chi connectivity index (χ2n) is 8.88. The Kier molecular flexibility index (Phi) is 7.14. The van der Waals surface area contributed by atoms with Gasteiger partial charge in [-0.2, -0.15) is 0 Å². The summed E-state index contributed by atoms with van der Waals surface area (Å²) in [5.74, 6) is 0.355. The zero-order valence-electron chi connectivity index (χ0n) is 20.5. The zero-order chi connectivity index (χ0) is 26.0. The minimum absolute atomic E-state index is 0.0479. The van der Waals surface area contributed by atoms with E-state index in [1.807, 2.05) is 19.1 Å². The van der Waals surface area contributed by atoms with E-state index in [-0.39, 0.29) is 16.9 Å². The Morgan fingerprint density at radius 3 is 2.57 bits per heavy atom. The first-order chi connectivity index (χ1) is 17.8. The second-order valence-corrected chi connectivity index (χ2v) is 11.6. The van der Waals surface area contributed by atoms with Crippen molar-refractivity contribution in [2.45, 2.75) is 30.8 Å². The molecular formula is C27H27N3O5S2. The van der Waals surface area contributed by atoms with Crippen LogP contribution in [0.4, 0.5) is 10.8 Å². The van der Waals surface area contributed by atoms with Gasteiger partial charge in [0.1, 0.15) is 5.75 Å². The van der Waals surface area contributed by atoms with Gasteiger partial charge in [-0.05, 0) is 86.0 Å². The summed E-state index contributed by atoms with van der Waals surface area (Å²) in [7, 11) is -2.27. The van der Waals surface area contributed by atoms with Crippen molar-refractivity contribution in [3.8, 4) is 5.75 Å². The van der Waals surface area contributed by atoms with Crippen LogP contribution in [0.5, 0.6) is 5.75 Å². The van der Waals surface area contributed by atoms with Crippen molar-refractivity contribution >= 4 is 48.3 Å². The molecule has 10 heteroatoms. The van der Waals surface area contributed by atoms with Gasteiger partial charge in [0, 0.05) is 17.9 Å². The molecule has 0 saturated carbocycles. The highest BCUT2D eigenvalue weighted by atomic mass is 32.2. The van der Waals surface area contributed by atoms with Crippen LogP contribution in [-0.2, 0) is 14.8 Å². The van der Waals surface area contributed by atoms with Crippen LogP contribution in [0.1, 0.15) is 28.8 Å². The zero-order valence-corrected chi connectivity index (χ0v) is 22.1. The summed E-state index contributed by atoms with van der Waals surface area (Å²) in [6.07, 6.45) is 1.81. The fourth-order valence-corrected chi connectivity index (χ4v) is 6.31. The maximum atomic E-state index is 13.6. The normalized spacial score (nSPS) is 15.6. The lowest BCUT2D eigenvalue weighted by Gasteiger charge is -2.23. The van der Waals surface area contributed by atoms with Gasteiger partial charge in [-0.3, -0.25) is 14.4 Å². The molecule has 1 saturated heterocycles. The number of hydrogen-bond acceptors (Lipinski definition) is 7. The number of aromatic nitrogens is 1. The summed E-state index contributed by atoms with van der Waals surface area (Å²) in [6, 6.07) is 18.6. The molecule has 1 amide bonds. The lowest BCUT2D eigenvalue weighted by molar-refractivity contribution is 0.0917. The summed E-state index contributed by atoms with van der Waals surface area (Å²) in [5, 5.41) is 0.616. The third-order valence-electron chi connectivity index (χ3n) is 6.17. The summed E-state index contributed by atoms with van der Waals surface area (Å²) in [4.78, 5) is 20.2. The van der Waals surface area contributed by atoms with Crippen LogP contribution in [0.25, 0.3) is 10.2 Å². The van der Waals surface area contributed by atoms with Gasteiger partial charge in [-0.25, -0.2) is 13.4 Å². The number of methoxy groups -OCH3 is 1. The minimum Gasteiger partial charge on any atom is -0.497 e. The molecule has 5 rings (SSSR count). The first-order valence-corrected chi connectivity index (χ1v) is 14.2. The van der Waals surface area contributed by atoms with E-state index in [1.54, 1.807) is 41.3 Å². The molecule has 3 aromatic carbocycles. The van der Waals surface area contributed by atoms with Crippen LogP contribution in [0.3, 0.4) is 0 Å². The van der Waals surface area contributed by atoms with E-state index in [1.165, 1.54) is 30.6 Å². The number of anilines is 2. The molecule has 1 fully saturated rings. The molecule has 0 radical (unpaired) electrons. The number of carbonyl (C=O) groups is 1. The van der Waals surface area contributed by atoms with Gasteiger partial charge in [-0.15, -0.1) is 0 Å². The standard InChI is InChI=1S/C27H27N3O5S2/c1-18-5-14-24-25(16-18)36-27(28-24)30(17-22-4-3-15-35-22)26(31)19-6-8-20(9-7-19)29-37(32,33)23-12-10-21(34-2)11-13-23/h5-14,16,22,29H,3-4,15,17H2,1-2H3. The van der Waals surface area contributed by atoms with E-state index in [0.717, 1.165) is 28.6 Å². The number of fused-ring (bicyclic) bond motifs is 1. The van der Waals surface area contributed by atoms with Gasteiger partial charge in [0.15, 0.2) is 5.13 Å². The monoisotopic (exact) mass is 537 g/mol. The molecule has 2 heterocycles. The van der Waals surface area contributed by atoms with Crippen LogP contribution in [-0.4, -0.2) is 45.7 Å². The highest BCUT2D eigenvalue weighted by molar-refractivity contribution is 7.92. The third kappa shape index (κ3) is 5.61. The fourth-order valence-electron chi connectivity index (χ4n) is 4.18. The Labute approximate surface area is 219 Å². The smallest absolute Gasteiger partial charge is 0.261 e. The van der Waals surface area contributed by atoms with Crippen molar-refractivity contribution in [2.75, 3.05) is 29.9 Å². The molecule has 1 N–H and O–H groups in total. The van der Waals surface area contributed by atoms with E-state index in [0.29, 0.717) is 35.3 Å². The minimum atomic E-state index is -3.79. The molecule has 0 bridgehead atoms. The number of aryl methyl sites for hydroxylation is 1. The van der Waals surface area contributed by atoms with Crippen molar-refractivity contribution < 1.29 is 22.7 Å². The first kappa shape index (κ1) is 25.2. The number of carbonyl (C=O) groups excluding carboxylic acids is 1. The van der Waals surface area contributed by atoms with E-state index in [9.17, 15) is 13.2 Å². The van der Waals surface area contributed by atoms with Gasteiger partial charge < -0.3 is 9.47 Å². The lowest BCUT2D eigenvalue weighted by Crippen LogP contribution is -2.37. The van der Waals surface area contributed by atoms with Crippen LogP contribution >= 0.6 is 11.3 Å². The first-order valence-electron chi connectivity index (χ1n) is 11.9. The van der Waals surface area contributed by atoms with Crippen LogP contribution < -0.4 is 14.4 Å². The van der Waals surface area contributed by atoms with Gasteiger partial charge in [0.05, 0.1) is 34.9 Å². The molecule has 8 nitrogen and oxygen atoms in total. The molecule has 1 aliphatic heterocycles. The number of ether oxygens (including phenoxy) is 2. The van der Waals surface area contributed by atoms with E-state index < -0.39 is 10.0 Å². The van der Waals surface area contributed by atoms with E-state index in [2.05, 4.69) is 10.8 Å². The number of nitrogens with one attached hydrogen (secondary N) is 1. The Bertz CT molecular complexity index is 1510. The largest absolute Gasteiger partial charge is 0.497 e. The van der Waals surface area contributed by atoms with Crippen molar-refractivity contribution in [1.82, 2.24) is 4.98 Å². The fraction of sp³-hybridized carbons (Fsp3) is 0.259. The van der Waals surface area contributed by atoms with Crippen molar-refractivity contribution in [2.24, 2.45) is 0 Å². The second kappa shape index (κ2) is 10.5. The number of hydrogen-bond donors (Lipinski definition) is 1. The highest BCUT2D eigenvalue weighted by Gasteiger charge is 2.27. The molecule has 37 heavy (non-hydrogen) atoms. The van der Waals surface area contributed by atoms with Crippen molar-refractivity contribution in [3.63, 3.8) is 0 Å². The molecule has 1 aliphatic rings. The average molecular weight is 538 g/mol. The molecule has 1 unspecified atom stereocenters. The van der Waals surface area contributed by atoms with Crippen LogP contribution in [0, 0.1) is 6.92 Å². The Hall–Kier alpha value is -3.47. The summed E-state index contributed by atoms with van der Waals surface area (Å²) in [5.41, 5.74) is 2.76. The molecule has 1 atom stereocenters. The third-order valence-corrected chi connectivity index (χ3v) is 8.61. The molecule has 4 aromatic rings. The molecule has 192 valence electrons. The van der Waals surface area contributed by atoms with E-state index in [4.69, 9.17) is 14.5 Å². The number of thiazole rings is 1. The summed E-state index contributed by atoms with van der Waals surface area (Å²) < 4.78 is 40.0. The van der Waals surface area contributed by atoms with Crippen LogP contribution in [0.2, 0.25) is 0 Å². The van der Waals surface area contributed by atoms with Gasteiger partial charge in [0.25, 0.3) is 15.9 Å². The number of nitrogens with zero attached hydrogens (tertiary/aromatic N) is 2. The predicted molar refractivity (Wildman–Crippen MR) is 145 cm³/mol. The highest BCUT2D eigenvalue weighted by Crippen LogP contribution is 2.32. The number of sulfonamides is 1. The Morgan fingerprint density at radius 2 is 1.89 bits per heavy atom. The molecule has 1 aromatic heterocycles. The van der Waals surface area contributed by atoms with Gasteiger partial charge >= 0.3 is 0 Å². The van der Waals surface area contributed by atoms with Gasteiger partial charge in [-0.1, -0.05) is 17.4 Å². The topological polar surface area (TPSA) is 97.8 Å². The Balaban J connectivity index is 1.38. The summed E-state index contributed by atoms with van der Waals surface area (Å²) in [6.45, 7) is 3.12. The van der Waals surface area contributed by atoms with Gasteiger partial charge in [0.2, 0.25) is 0 Å². The van der Waals surface area contributed by atoms with Crippen LogP contribution in [0.15, 0.2) is 71.6 Å². The number of amides is 1. The molecule has 0 spiro atoms. The quantitative estimate of drug-likeness (QED) is 0.330. The predicted octanol–water partition coefficient (Wildman–Crippen LogP) is 5.24. The lowest BCUT2D eigenvalue weighted by atomic mass is 10.1. The number of benzene rings is 3. The van der Waals surface area contributed by atoms with Crippen molar-refractivity contribution in [3.05, 3.63) is 77.9 Å². The van der Waals surface area contributed by atoms with E-state index >= 15 is 0 Å². The molecule has 0 aliphatic carbocycles. The maximum Gasteiger partial charge on any atom is 0.261 e. The Morgan fingerprint density at radius 1 is 1.14 bits per heavy atom. The average Bonchev–Trinajstić information content (AvgIpc) is 3.56. The van der Waals surface area contributed by atoms with Crippen molar-refractivity contribution in [1.29, 1.82) is 0 Å². The SMILES string of the molecule is COc1ccc(S(=O)(=O)Nc2ccc(C(=O)N(CC3CCCO3)c3nc4ccc(C)cc4s3)cc2)cc1. The number of rotatable bonds is 8. The summed E-state index contributed by atoms with van der Waals surface area (Å²) >= 11 is 1.47.